The number of hydrogen-bond acceptors (Lipinski definition) is 8. The predicted octanol–water partition coefficient (Wildman–Crippen LogP) is 1.33. The lowest BCUT2D eigenvalue weighted by Gasteiger charge is -2.26. The highest BCUT2D eigenvalue weighted by Gasteiger charge is 2.43. The van der Waals surface area contributed by atoms with Crippen molar-refractivity contribution in [3.8, 4) is 11.8 Å². The number of fused-ring (bicyclic) bond motifs is 1. The molecule has 0 unspecified atom stereocenters. The first-order valence-electron chi connectivity index (χ1n) is 12.1. The summed E-state index contributed by atoms with van der Waals surface area (Å²) in [5.74, 6) is 5.19. The van der Waals surface area contributed by atoms with E-state index in [1.807, 2.05) is 12.1 Å². The summed E-state index contributed by atoms with van der Waals surface area (Å²) < 4.78 is 29.1. The van der Waals surface area contributed by atoms with Crippen LogP contribution in [0, 0.1) is 11.8 Å². The van der Waals surface area contributed by atoms with Crippen LogP contribution in [-0.2, 0) is 32.5 Å². The quantitative estimate of drug-likeness (QED) is 0.262. The maximum absolute atomic E-state index is 13.0. The lowest BCUT2D eigenvalue weighted by Crippen LogP contribution is -2.50. The number of carbonyl (C=O) groups excluding carboxylic acids is 1. The van der Waals surface area contributed by atoms with Crippen molar-refractivity contribution < 1.29 is 23.2 Å². The minimum atomic E-state index is -3.88. The molecular weight excluding hydrogens is 508 g/mol. The highest BCUT2D eigenvalue weighted by atomic mass is 32.2. The second-order valence-corrected chi connectivity index (χ2v) is 11.9. The Morgan fingerprint density at radius 3 is 2.45 bits per heavy atom. The van der Waals surface area contributed by atoms with Crippen molar-refractivity contribution in [1.29, 1.82) is 0 Å². The molecule has 0 radical (unpaired) electrons. The largest absolute Gasteiger partial charge is 0.379 e. The van der Waals surface area contributed by atoms with Crippen LogP contribution in [0.15, 0.2) is 53.6 Å². The van der Waals surface area contributed by atoms with Crippen LogP contribution in [0.2, 0.25) is 0 Å². The molecule has 0 spiro atoms. The molecule has 0 saturated carbocycles. The van der Waals surface area contributed by atoms with Gasteiger partial charge in [-0.1, -0.05) is 24.0 Å². The summed E-state index contributed by atoms with van der Waals surface area (Å²) in [5.41, 5.74) is 4.28. The molecule has 0 aliphatic carbocycles. The van der Waals surface area contributed by atoms with Gasteiger partial charge in [0, 0.05) is 43.6 Å². The number of ether oxygens (including phenoxy) is 1. The van der Waals surface area contributed by atoms with E-state index in [2.05, 4.69) is 33.9 Å². The van der Waals surface area contributed by atoms with Gasteiger partial charge in [-0.05, 0) is 49.2 Å². The number of rotatable bonds is 7. The molecule has 2 heterocycles. The second kappa shape index (κ2) is 11.4. The molecule has 2 N–H and O–H groups in total. The molecule has 200 valence electrons. The molecule has 1 amide bonds. The van der Waals surface area contributed by atoms with Crippen LogP contribution in [0.1, 0.15) is 30.0 Å². The monoisotopic (exact) mass is 538 g/mol. The van der Waals surface area contributed by atoms with Gasteiger partial charge in [0.25, 0.3) is 11.5 Å². The number of benzene rings is 2. The van der Waals surface area contributed by atoms with E-state index in [1.165, 1.54) is 28.9 Å². The number of amides is 1. The first-order valence-corrected chi connectivity index (χ1v) is 14.0. The number of sulfone groups is 1. The van der Waals surface area contributed by atoms with Gasteiger partial charge in [0.1, 0.15) is 0 Å². The van der Waals surface area contributed by atoms with Gasteiger partial charge in [0.2, 0.25) is 0 Å². The van der Waals surface area contributed by atoms with Crippen molar-refractivity contribution in [1.82, 2.24) is 19.9 Å². The standard InChI is InChI=1S/C27H30N4O6S/c1-27(26(33)29-34,38(2,35)36)11-12-31-19-28-24-17-21(9-10-23(24)25(31)32)6-3-20-4-7-22(8-5-20)18-30-13-15-37-16-14-30/h4-5,7-10,17,19,34H,11-16,18H2,1-2H3,(H,29,33)/t27-/m1/s1. The van der Waals surface area contributed by atoms with Gasteiger partial charge < -0.3 is 4.74 Å². The lowest BCUT2D eigenvalue weighted by atomic mass is 10.1. The van der Waals surface area contributed by atoms with Crippen molar-refractivity contribution in [2.75, 3.05) is 32.6 Å². The van der Waals surface area contributed by atoms with E-state index in [1.54, 1.807) is 18.2 Å². The smallest absolute Gasteiger partial charge is 0.264 e. The zero-order valence-electron chi connectivity index (χ0n) is 21.3. The highest BCUT2D eigenvalue weighted by Crippen LogP contribution is 2.22. The highest BCUT2D eigenvalue weighted by molar-refractivity contribution is 7.92. The summed E-state index contributed by atoms with van der Waals surface area (Å²) >= 11 is 0. The molecule has 1 fully saturated rings. The molecule has 11 heteroatoms. The Kier molecular flexibility index (Phi) is 8.28. The molecule has 1 aliphatic heterocycles. The fourth-order valence-electron chi connectivity index (χ4n) is 4.17. The van der Waals surface area contributed by atoms with Crippen molar-refractivity contribution >= 4 is 26.6 Å². The van der Waals surface area contributed by atoms with Crippen LogP contribution in [0.3, 0.4) is 0 Å². The van der Waals surface area contributed by atoms with Crippen molar-refractivity contribution in [3.63, 3.8) is 0 Å². The van der Waals surface area contributed by atoms with Gasteiger partial charge in [-0.2, -0.15) is 0 Å². The van der Waals surface area contributed by atoms with E-state index >= 15 is 0 Å². The Morgan fingerprint density at radius 1 is 1.13 bits per heavy atom. The normalized spacial score (nSPS) is 15.9. The van der Waals surface area contributed by atoms with Gasteiger partial charge in [-0.3, -0.25) is 24.3 Å². The molecule has 3 aromatic rings. The van der Waals surface area contributed by atoms with Gasteiger partial charge in [0.15, 0.2) is 14.6 Å². The number of carbonyl (C=O) groups is 1. The van der Waals surface area contributed by atoms with E-state index in [4.69, 9.17) is 9.94 Å². The Balaban J connectivity index is 1.48. The van der Waals surface area contributed by atoms with E-state index in [9.17, 15) is 18.0 Å². The number of hydroxylamine groups is 1. The number of nitrogens with one attached hydrogen (secondary N) is 1. The van der Waals surface area contributed by atoms with Crippen molar-refractivity contribution in [2.45, 2.75) is 31.2 Å². The molecule has 10 nitrogen and oxygen atoms in total. The van der Waals surface area contributed by atoms with Gasteiger partial charge in [-0.15, -0.1) is 0 Å². The first-order chi connectivity index (χ1) is 18.1. The Bertz CT molecular complexity index is 1550. The van der Waals surface area contributed by atoms with E-state index in [0.717, 1.165) is 44.7 Å². The average molecular weight is 539 g/mol. The van der Waals surface area contributed by atoms with Crippen LogP contribution in [0.5, 0.6) is 0 Å². The fourth-order valence-corrected chi connectivity index (χ4v) is 5.01. The van der Waals surface area contributed by atoms with Crippen LogP contribution in [-0.4, -0.2) is 71.3 Å². The third kappa shape index (κ3) is 6.11. The summed E-state index contributed by atoms with van der Waals surface area (Å²) in [6.07, 6.45) is 2.00. The van der Waals surface area contributed by atoms with E-state index in [-0.39, 0.29) is 18.5 Å². The van der Waals surface area contributed by atoms with Crippen molar-refractivity contribution in [3.05, 3.63) is 75.8 Å². The number of aromatic nitrogens is 2. The van der Waals surface area contributed by atoms with E-state index in [0.29, 0.717) is 16.5 Å². The first kappa shape index (κ1) is 27.5. The molecule has 1 aliphatic rings. The van der Waals surface area contributed by atoms with Crippen LogP contribution in [0.4, 0.5) is 0 Å². The SMILES string of the molecule is C[C@@](CCn1cnc2cc(C#Cc3ccc(CN4CCOCC4)cc3)ccc2c1=O)(C(=O)NO)S(C)(=O)=O. The number of aryl methyl sites for hydroxylation is 1. The summed E-state index contributed by atoms with van der Waals surface area (Å²) in [5, 5.41) is 9.33. The van der Waals surface area contributed by atoms with Crippen molar-refractivity contribution in [2.24, 2.45) is 0 Å². The molecule has 1 atom stereocenters. The predicted molar refractivity (Wildman–Crippen MR) is 142 cm³/mol. The van der Waals surface area contributed by atoms with Crippen LogP contribution in [0.25, 0.3) is 10.9 Å². The number of nitrogens with zero attached hydrogens (tertiary/aromatic N) is 3. The third-order valence-electron chi connectivity index (χ3n) is 6.87. The second-order valence-electron chi connectivity index (χ2n) is 9.50. The number of morpholine rings is 1. The van der Waals surface area contributed by atoms with Gasteiger partial charge in [0.05, 0.1) is 30.4 Å². The summed E-state index contributed by atoms with van der Waals surface area (Å²) in [6.45, 7) is 5.41. The summed E-state index contributed by atoms with van der Waals surface area (Å²) in [6, 6.07) is 13.2. The Labute approximate surface area is 221 Å². The molecule has 2 aromatic carbocycles. The Morgan fingerprint density at radius 2 is 1.79 bits per heavy atom. The maximum Gasteiger partial charge on any atom is 0.264 e. The Hall–Kier alpha value is -3.56. The zero-order chi connectivity index (χ0) is 27.3. The zero-order valence-corrected chi connectivity index (χ0v) is 22.1. The van der Waals surface area contributed by atoms with Gasteiger partial charge in [-0.25, -0.2) is 18.9 Å². The molecule has 4 rings (SSSR count). The van der Waals surface area contributed by atoms with Crippen LogP contribution >= 0.6 is 0 Å². The molecule has 1 saturated heterocycles. The maximum atomic E-state index is 13.0. The lowest BCUT2D eigenvalue weighted by molar-refractivity contribution is -0.131. The molecule has 1 aromatic heterocycles. The van der Waals surface area contributed by atoms with Crippen LogP contribution < -0.4 is 11.0 Å². The molecule has 38 heavy (non-hydrogen) atoms. The summed E-state index contributed by atoms with van der Waals surface area (Å²) in [4.78, 5) is 31.7. The fraction of sp³-hybridized carbons (Fsp3) is 0.370. The minimum absolute atomic E-state index is 0.0815. The van der Waals surface area contributed by atoms with E-state index < -0.39 is 20.5 Å². The van der Waals surface area contributed by atoms with Gasteiger partial charge >= 0.3 is 0 Å². The molecular formula is C27H30N4O6S. The average Bonchev–Trinajstić information content (AvgIpc) is 2.91. The third-order valence-corrected chi connectivity index (χ3v) is 8.90. The minimum Gasteiger partial charge on any atom is -0.379 e. The summed E-state index contributed by atoms with van der Waals surface area (Å²) in [7, 11) is -3.88. The topological polar surface area (TPSA) is 131 Å². The molecule has 0 bridgehead atoms. The number of hydrogen-bond donors (Lipinski definition) is 2.